The van der Waals surface area contributed by atoms with Crippen LogP contribution in [0.1, 0.15) is 61.1 Å². The average Bonchev–Trinajstić information content (AvgIpc) is 3.41. The Balaban J connectivity index is 0.000000162. The summed E-state index contributed by atoms with van der Waals surface area (Å²) in [7, 11) is -3.54. The molecular weight excluding hydrogens is 962 g/mol. The summed E-state index contributed by atoms with van der Waals surface area (Å²) in [6.07, 6.45) is 0.872. The van der Waals surface area contributed by atoms with Crippen molar-refractivity contribution < 1.29 is 13.2 Å². The van der Waals surface area contributed by atoms with Gasteiger partial charge < -0.3 is 4.74 Å². The molecule has 2 heterocycles. The van der Waals surface area contributed by atoms with Crippen LogP contribution in [0, 0.1) is 0 Å². The molecular formula is C64H49Cl2N3O3S. The summed E-state index contributed by atoms with van der Waals surface area (Å²) in [5, 5.41) is 1.42. The molecule has 73 heavy (non-hydrogen) atoms. The van der Waals surface area contributed by atoms with E-state index in [1.165, 1.54) is 27.8 Å². The highest BCUT2D eigenvalue weighted by molar-refractivity contribution is 7.91. The number of fused-ring (bicyclic) bond motifs is 4. The molecule has 358 valence electrons. The van der Waals surface area contributed by atoms with Gasteiger partial charge in [-0.1, -0.05) is 203 Å². The maximum atomic E-state index is 12.9. The van der Waals surface area contributed by atoms with E-state index in [2.05, 4.69) is 88.4 Å². The van der Waals surface area contributed by atoms with E-state index >= 15 is 0 Å². The molecule has 0 amide bonds. The molecule has 0 saturated carbocycles. The molecule has 0 radical (unpaired) electrons. The monoisotopic (exact) mass is 1010 g/mol. The number of benzene rings is 9. The van der Waals surface area contributed by atoms with Crippen LogP contribution in [0.25, 0.3) is 56.4 Å². The molecule has 1 aliphatic heterocycles. The van der Waals surface area contributed by atoms with Gasteiger partial charge >= 0.3 is 0 Å². The summed E-state index contributed by atoms with van der Waals surface area (Å²) in [6.45, 7) is 8.94. The number of ether oxygens (including phenoxy) is 1. The summed E-state index contributed by atoms with van der Waals surface area (Å²) in [5.41, 5.74) is 14.3. The molecule has 10 aromatic rings. The van der Waals surface area contributed by atoms with Gasteiger partial charge in [-0.15, -0.1) is 0 Å². The molecule has 0 unspecified atom stereocenters. The SMILES string of the molecule is CC1(C)c2ccc(Cl)cc2Cc2cc(-c3cccc(-c4nc(-c5ccccc5)nc(-c5ccccc5)n4)c3)ccc21.CC1(C)c2ccc(Cl)cc2Oc2cc(-c3ccc(S(=O)(=O)c4ccccc4)cc3)ccc21. The smallest absolute Gasteiger partial charge is 0.206 e. The van der Waals surface area contributed by atoms with Gasteiger partial charge in [-0.05, 0) is 112 Å². The summed E-state index contributed by atoms with van der Waals surface area (Å²) in [4.78, 5) is 15.2. The third-order valence-corrected chi connectivity index (χ3v) is 16.4. The van der Waals surface area contributed by atoms with E-state index in [4.69, 9.17) is 42.9 Å². The summed E-state index contributed by atoms with van der Waals surface area (Å²) < 4.78 is 31.9. The highest BCUT2D eigenvalue weighted by Crippen LogP contribution is 2.50. The molecule has 1 aliphatic carbocycles. The Hall–Kier alpha value is -7.68. The Labute approximate surface area is 436 Å². The minimum atomic E-state index is -3.54. The molecule has 0 N–H and O–H groups in total. The van der Waals surface area contributed by atoms with Crippen LogP contribution in [0.3, 0.4) is 0 Å². The fourth-order valence-corrected chi connectivity index (χ4v) is 11.8. The van der Waals surface area contributed by atoms with Crippen molar-refractivity contribution in [3.63, 3.8) is 0 Å². The van der Waals surface area contributed by atoms with Crippen LogP contribution in [-0.2, 0) is 27.1 Å². The topological polar surface area (TPSA) is 82.0 Å². The fourth-order valence-electron chi connectivity index (χ4n) is 10.2. The van der Waals surface area contributed by atoms with E-state index in [0.29, 0.717) is 22.5 Å². The van der Waals surface area contributed by atoms with Crippen molar-refractivity contribution in [3.8, 4) is 67.9 Å². The second-order valence-electron chi connectivity index (χ2n) is 19.5. The molecule has 0 atom stereocenters. The maximum Gasteiger partial charge on any atom is 0.206 e. The normalized spacial score (nSPS) is 13.7. The minimum absolute atomic E-state index is 0.0829. The van der Waals surface area contributed by atoms with E-state index in [1.807, 2.05) is 109 Å². The van der Waals surface area contributed by atoms with Crippen molar-refractivity contribution >= 4 is 33.0 Å². The summed E-state index contributed by atoms with van der Waals surface area (Å²) in [6, 6.07) is 69.1. The third kappa shape index (κ3) is 9.25. The lowest BCUT2D eigenvalue weighted by atomic mass is 9.68. The molecule has 0 fully saturated rings. The molecule has 9 heteroatoms. The first-order chi connectivity index (χ1) is 35.2. The van der Waals surface area contributed by atoms with Crippen molar-refractivity contribution in [2.24, 2.45) is 0 Å². The Morgan fingerprint density at radius 2 is 0.795 bits per heavy atom. The Bertz CT molecular complexity index is 3770. The van der Waals surface area contributed by atoms with Gasteiger partial charge in [0.15, 0.2) is 17.5 Å². The maximum absolute atomic E-state index is 12.9. The van der Waals surface area contributed by atoms with Gasteiger partial charge in [0.25, 0.3) is 0 Å². The zero-order valence-electron chi connectivity index (χ0n) is 40.6. The molecule has 6 nitrogen and oxygen atoms in total. The van der Waals surface area contributed by atoms with Crippen LogP contribution in [0.2, 0.25) is 10.0 Å². The molecule has 9 aromatic carbocycles. The van der Waals surface area contributed by atoms with Crippen LogP contribution in [-0.4, -0.2) is 23.4 Å². The van der Waals surface area contributed by atoms with Crippen molar-refractivity contribution in [2.45, 2.75) is 54.7 Å². The predicted molar refractivity (Wildman–Crippen MR) is 295 cm³/mol. The highest BCUT2D eigenvalue weighted by atomic mass is 35.5. The molecule has 0 saturated heterocycles. The molecule has 0 bridgehead atoms. The lowest BCUT2D eigenvalue weighted by Gasteiger charge is -2.35. The van der Waals surface area contributed by atoms with Gasteiger partial charge in [-0.25, -0.2) is 23.4 Å². The van der Waals surface area contributed by atoms with Gasteiger partial charge in [0.05, 0.1) is 9.79 Å². The molecule has 0 spiro atoms. The standard InChI is InChI=1S/C37H28ClN3.C27H21ClO3S/c1-37(2)32-18-16-27(21-29(32)22-30-23-31(38)17-19-33(30)37)26-14-9-15-28(20-26)36-40-34(24-10-5-3-6-11-24)39-35(41-36)25-12-7-4-8-13-25;1-27(2)23-14-10-19(16-25(23)31-26-17-20(28)11-15-24(26)27)18-8-12-22(13-9-18)32(29,30)21-6-4-3-5-7-21/h3-21,23H,22H2,1-2H3;3-17H,1-2H3. The van der Waals surface area contributed by atoms with Crippen molar-refractivity contribution in [3.05, 3.63) is 256 Å². The first kappa shape index (κ1) is 47.6. The molecule has 1 aromatic heterocycles. The fraction of sp³-hybridized carbons (Fsp3) is 0.109. The number of hydrogen-bond donors (Lipinski definition) is 0. The highest BCUT2D eigenvalue weighted by Gasteiger charge is 2.35. The zero-order chi connectivity index (χ0) is 50.5. The Morgan fingerprint density at radius 1 is 0.384 bits per heavy atom. The quantitative estimate of drug-likeness (QED) is 0.158. The lowest BCUT2D eigenvalue weighted by Crippen LogP contribution is -2.27. The van der Waals surface area contributed by atoms with Gasteiger partial charge in [0.1, 0.15) is 11.5 Å². The van der Waals surface area contributed by atoms with Crippen LogP contribution >= 0.6 is 23.2 Å². The third-order valence-electron chi connectivity index (χ3n) is 14.1. The number of halogens is 2. The number of nitrogens with zero attached hydrogens (tertiary/aromatic N) is 3. The number of aromatic nitrogens is 3. The number of rotatable bonds is 7. The van der Waals surface area contributed by atoms with E-state index < -0.39 is 9.84 Å². The van der Waals surface area contributed by atoms with Crippen molar-refractivity contribution in [1.82, 2.24) is 15.0 Å². The minimum Gasteiger partial charge on any atom is -0.457 e. The van der Waals surface area contributed by atoms with E-state index in [1.54, 1.807) is 42.5 Å². The number of hydrogen-bond acceptors (Lipinski definition) is 6. The van der Waals surface area contributed by atoms with Gasteiger partial charge in [-0.2, -0.15) is 0 Å². The first-order valence-corrected chi connectivity index (χ1v) is 26.4. The molecule has 2 aliphatic rings. The van der Waals surface area contributed by atoms with Crippen LogP contribution < -0.4 is 4.74 Å². The van der Waals surface area contributed by atoms with Gasteiger partial charge in [0.2, 0.25) is 9.84 Å². The van der Waals surface area contributed by atoms with Crippen LogP contribution in [0.4, 0.5) is 0 Å². The molecule has 12 rings (SSSR count). The second-order valence-corrected chi connectivity index (χ2v) is 22.3. The predicted octanol–water partition coefficient (Wildman–Crippen LogP) is 16.7. The van der Waals surface area contributed by atoms with E-state index in [-0.39, 0.29) is 20.6 Å². The van der Waals surface area contributed by atoms with Crippen molar-refractivity contribution in [1.29, 1.82) is 0 Å². The first-order valence-electron chi connectivity index (χ1n) is 24.2. The van der Waals surface area contributed by atoms with Crippen molar-refractivity contribution in [2.75, 3.05) is 0 Å². The Kier molecular flexibility index (Phi) is 12.4. The summed E-state index contributed by atoms with van der Waals surface area (Å²) >= 11 is 12.6. The lowest BCUT2D eigenvalue weighted by molar-refractivity contribution is 0.418. The van der Waals surface area contributed by atoms with Gasteiger partial charge in [-0.3, -0.25) is 0 Å². The number of sulfone groups is 1. The van der Waals surface area contributed by atoms with E-state index in [0.717, 1.165) is 67.5 Å². The van der Waals surface area contributed by atoms with Gasteiger partial charge in [0, 0.05) is 48.7 Å². The zero-order valence-corrected chi connectivity index (χ0v) is 43.0. The Morgan fingerprint density at radius 3 is 1.41 bits per heavy atom. The largest absolute Gasteiger partial charge is 0.457 e. The van der Waals surface area contributed by atoms with E-state index in [9.17, 15) is 8.42 Å². The summed E-state index contributed by atoms with van der Waals surface area (Å²) in [5.74, 6) is 3.52. The second kappa shape index (κ2) is 19.1. The van der Waals surface area contributed by atoms with Crippen LogP contribution in [0.15, 0.2) is 222 Å². The van der Waals surface area contributed by atoms with Crippen LogP contribution in [0.5, 0.6) is 11.5 Å². The average molecular weight is 1010 g/mol.